The van der Waals surface area contributed by atoms with Gasteiger partial charge in [-0.1, -0.05) is 97.8 Å². The van der Waals surface area contributed by atoms with Crippen LogP contribution in [0.4, 0.5) is 5.82 Å². The first-order valence-electron chi connectivity index (χ1n) is 13.6. The summed E-state index contributed by atoms with van der Waals surface area (Å²) in [7, 11) is 0. The van der Waals surface area contributed by atoms with Gasteiger partial charge in [0.25, 0.3) is 0 Å². The number of nitrogens with zero attached hydrogens (tertiary/aromatic N) is 1. The first-order valence-corrected chi connectivity index (χ1v) is 13.6. The summed E-state index contributed by atoms with van der Waals surface area (Å²) in [5.41, 5.74) is 11.4. The van der Waals surface area contributed by atoms with Gasteiger partial charge in [-0.3, -0.25) is 14.6 Å². The van der Waals surface area contributed by atoms with E-state index in [2.05, 4.69) is 16.9 Å². The highest BCUT2D eigenvalue weighted by Gasteiger charge is 2.24. The Bertz CT molecular complexity index is 796. The molecule has 0 fully saturated rings. The van der Waals surface area contributed by atoms with E-state index in [4.69, 9.17) is 16.2 Å². The lowest BCUT2D eigenvalue weighted by atomic mass is 9.93. The molecule has 0 aliphatic carbocycles. The Morgan fingerprint density at radius 3 is 2.11 bits per heavy atom. The predicted octanol–water partition coefficient (Wildman–Crippen LogP) is 5.16. The number of nitrogens with one attached hydrogen (secondary N) is 1. The molecule has 5 N–H and O–H groups in total. The normalized spacial score (nSPS) is 13.8. The number of esters is 1. The summed E-state index contributed by atoms with van der Waals surface area (Å²) < 4.78 is 5.50. The summed E-state index contributed by atoms with van der Waals surface area (Å²) in [5, 5.41) is 0. The molecule has 0 saturated heterocycles. The molecule has 200 valence electrons. The minimum atomic E-state index is -0.669. The zero-order valence-corrected chi connectivity index (χ0v) is 22.2. The summed E-state index contributed by atoms with van der Waals surface area (Å²) in [4.78, 5) is 42.4. The summed E-state index contributed by atoms with van der Waals surface area (Å²) in [5.74, 6) is -0.747. The number of Topliss-reactive ketones (excluding diaryl/α,β-unsaturated/α-hetero) is 1. The fourth-order valence-electron chi connectivity index (χ4n) is 4.13. The minimum Gasteiger partial charge on any atom is -0.464 e. The molecule has 0 aromatic carbocycles. The van der Waals surface area contributed by atoms with Gasteiger partial charge in [-0.25, -0.2) is 9.78 Å². The van der Waals surface area contributed by atoms with Crippen molar-refractivity contribution in [2.24, 2.45) is 17.6 Å². The van der Waals surface area contributed by atoms with Crippen LogP contribution < -0.4 is 17.2 Å². The molecule has 8 heteroatoms. The molecule has 1 heterocycles. The number of ether oxygens (including phenoxy) is 1. The maximum Gasteiger partial charge on any atom is 0.346 e. The second-order valence-electron chi connectivity index (χ2n) is 9.87. The van der Waals surface area contributed by atoms with Gasteiger partial charge in [-0.15, -0.1) is 0 Å². The molecule has 8 nitrogen and oxygen atoms in total. The van der Waals surface area contributed by atoms with E-state index in [-0.39, 0.29) is 42.0 Å². The standard InChI is InChI=1S/C27H48N4O4/c1-4-6-7-8-9-10-11-12-13-14-15-16-21(19-35-26(33)24(28)20(3)5-2)17-23(32)22-18-30-27(34)31-25(22)29/h18,20-21,24H,4-17,19,28H2,1-3H3,(H3,29,30,31,34)/t20-,21?,24-/m0/s1. The molecule has 0 aliphatic rings. The fraction of sp³-hybridized carbons (Fsp3) is 0.778. The lowest BCUT2D eigenvalue weighted by Crippen LogP contribution is -2.38. The van der Waals surface area contributed by atoms with E-state index >= 15 is 0 Å². The second kappa shape index (κ2) is 18.1. The van der Waals surface area contributed by atoms with Gasteiger partial charge < -0.3 is 16.2 Å². The van der Waals surface area contributed by atoms with E-state index in [9.17, 15) is 14.4 Å². The van der Waals surface area contributed by atoms with Gasteiger partial charge in [0.2, 0.25) is 0 Å². The SMILES string of the molecule is CCCCCCCCCCCCCC(COC(=O)[C@@H](N)[C@@H](C)CC)CC(=O)c1cnc(=O)[nH]c1N. The van der Waals surface area contributed by atoms with Gasteiger partial charge in [0.15, 0.2) is 5.78 Å². The van der Waals surface area contributed by atoms with Gasteiger partial charge in [0, 0.05) is 18.5 Å². The van der Waals surface area contributed by atoms with Crippen molar-refractivity contribution in [1.29, 1.82) is 0 Å². The monoisotopic (exact) mass is 492 g/mol. The van der Waals surface area contributed by atoms with Crippen LogP contribution in [0.3, 0.4) is 0 Å². The van der Waals surface area contributed by atoms with Crippen LogP contribution in [0.1, 0.15) is 121 Å². The molecular weight excluding hydrogens is 444 g/mol. The van der Waals surface area contributed by atoms with Crippen LogP contribution >= 0.6 is 0 Å². The molecule has 0 bridgehead atoms. The molecule has 0 radical (unpaired) electrons. The van der Waals surface area contributed by atoms with Crippen LogP contribution in [0, 0.1) is 11.8 Å². The van der Waals surface area contributed by atoms with Crippen LogP contribution in [0.2, 0.25) is 0 Å². The number of nitrogen functional groups attached to an aromatic ring is 1. The van der Waals surface area contributed by atoms with Crippen molar-refractivity contribution < 1.29 is 14.3 Å². The van der Waals surface area contributed by atoms with E-state index in [1.165, 1.54) is 64.0 Å². The van der Waals surface area contributed by atoms with Crippen molar-refractivity contribution in [2.75, 3.05) is 12.3 Å². The molecule has 1 aromatic heterocycles. The van der Waals surface area contributed by atoms with Gasteiger partial charge in [0.1, 0.15) is 11.9 Å². The van der Waals surface area contributed by atoms with Crippen molar-refractivity contribution in [3.05, 3.63) is 22.2 Å². The van der Waals surface area contributed by atoms with Crippen LogP contribution in [0.5, 0.6) is 0 Å². The number of unbranched alkanes of at least 4 members (excludes halogenated alkanes) is 10. The van der Waals surface area contributed by atoms with E-state index in [1.807, 2.05) is 13.8 Å². The number of ketones is 1. The van der Waals surface area contributed by atoms with Crippen LogP contribution in [-0.4, -0.2) is 34.4 Å². The molecule has 35 heavy (non-hydrogen) atoms. The number of aromatic nitrogens is 2. The van der Waals surface area contributed by atoms with Crippen molar-refractivity contribution in [3.8, 4) is 0 Å². The van der Waals surface area contributed by atoms with Gasteiger partial charge >= 0.3 is 11.7 Å². The van der Waals surface area contributed by atoms with Crippen molar-refractivity contribution >= 4 is 17.6 Å². The van der Waals surface area contributed by atoms with Crippen molar-refractivity contribution in [1.82, 2.24) is 9.97 Å². The number of H-pyrrole nitrogens is 1. The smallest absolute Gasteiger partial charge is 0.346 e. The fourth-order valence-corrected chi connectivity index (χ4v) is 4.13. The molecule has 0 aliphatic heterocycles. The third kappa shape index (κ3) is 12.9. The average Bonchev–Trinajstić information content (AvgIpc) is 2.84. The second-order valence-corrected chi connectivity index (χ2v) is 9.87. The van der Waals surface area contributed by atoms with Crippen molar-refractivity contribution in [2.45, 2.75) is 117 Å². The number of rotatable bonds is 20. The number of hydrogen-bond donors (Lipinski definition) is 3. The number of carbonyl (C=O) groups is 2. The minimum absolute atomic E-state index is 0.0132. The zero-order chi connectivity index (χ0) is 26.1. The first kappa shape index (κ1) is 30.8. The first-order chi connectivity index (χ1) is 16.8. The van der Waals surface area contributed by atoms with Gasteiger partial charge in [-0.2, -0.15) is 0 Å². The Kier molecular flexibility index (Phi) is 15.9. The van der Waals surface area contributed by atoms with E-state index in [1.54, 1.807) is 0 Å². The Labute approximate surface area is 211 Å². The lowest BCUT2D eigenvalue weighted by molar-refractivity contribution is -0.148. The van der Waals surface area contributed by atoms with Crippen LogP contribution in [-0.2, 0) is 9.53 Å². The molecule has 0 saturated carbocycles. The third-order valence-corrected chi connectivity index (χ3v) is 6.82. The molecule has 1 unspecified atom stereocenters. The van der Waals surface area contributed by atoms with Crippen LogP contribution in [0.25, 0.3) is 0 Å². The maximum atomic E-state index is 12.8. The molecule has 3 atom stereocenters. The van der Waals surface area contributed by atoms with Gasteiger partial charge in [0.05, 0.1) is 12.2 Å². The Balaban J connectivity index is 2.51. The molecule has 0 amide bonds. The summed E-state index contributed by atoms with van der Waals surface area (Å²) in [6.45, 7) is 6.28. The number of anilines is 1. The lowest BCUT2D eigenvalue weighted by Gasteiger charge is -2.20. The highest BCUT2D eigenvalue weighted by atomic mass is 16.5. The average molecular weight is 493 g/mol. The number of carbonyl (C=O) groups excluding carboxylic acids is 2. The summed E-state index contributed by atoms with van der Waals surface area (Å²) in [6, 6.07) is -0.669. The molecule has 1 aromatic rings. The summed E-state index contributed by atoms with van der Waals surface area (Å²) in [6.07, 6.45) is 16.6. The van der Waals surface area contributed by atoms with E-state index in [0.717, 1.165) is 25.7 Å². The highest BCUT2D eigenvalue weighted by molar-refractivity contribution is 5.99. The Morgan fingerprint density at radius 2 is 1.57 bits per heavy atom. The molecular formula is C27H48N4O4. The highest BCUT2D eigenvalue weighted by Crippen LogP contribution is 2.21. The zero-order valence-electron chi connectivity index (χ0n) is 22.2. The van der Waals surface area contributed by atoms with Gasteiger partial charge in [-0.05, 0) is 12.3 Å². The molecule has 0 spiro atoms. The molecule has 1 rings (SSSR count). The summed E-state index contributed by atoms with van der Waals surface area (Å²) >= 11 is 0. The van der Waals surface area contributed by atoms with Crippen molar-refractivity contribution in [3.63, 3.8) is 0 Å². The van der Waals surface area contributed by atoms with Crippen LogP contribution in [0.15, 0.2) is 11.0 Å². The topological polar surface area (TPSA) is 141 Å². The Morgan fingerprint density at radius 1 is 1.00 bits per heavy atom. The number of aromatic amines is 1. The van der Waals surface area contributed by atoms with E-state index in [0.29, 0.717) is 0 Å². The maximum absolute atomic E-state index is 12.8. The quantitative estimate of drug-likeness (QED) is 0.130. The third-order valence-electron chi connectivity index (χ3n) is 6.82. The van der Waals surface area contributed by atoms with E-state index < -0.39 is 17.7 Å². The largest absolute Gasteiger partial charge is 0.464 e. The Hall–Kier alpha value is -2.22. The predicted molar refractivity (Wildman–Crippen MR) is 141 cm³/mol. The number of nitrogens with two attached hydrogens (primary N) is 2. The number of hydrogen-bond acceptors (Lipinski definition) is 7.